The van der Waals surface area contributed by atoms with Gasteiger partial charge >= 0.3 is 0 Å². The maximum absolute atomic E-state index is 5.79. The van der Waals surface area contributed by atoms with Crippen LogP contribution in [0.2, 0.25) is 0 Å². The highest BCUT2D eigenvalue weighted by molar-refractivity contribution is 7.99. The largest absolute Gasteiger partial charge is 0.399 e. The van der Waals surface area contributed by atoms with Crippen molar-refractivity contribution in [2.75, 3.05) is 11.5 Å². The Morgan fingerprint density at radius 2 is 2.15 bits per heavy atom. The van der Waals surface area contributed by atoms with E-state index in [-0.39, 0.29) is 0 Å². The minimum atomic E-state index is 0.302. The van der Waals surface area contributed by atoms with E-state index in [2.05, 4.69) is 26.0 Å². The second-order valence-corrected chi connectivity index (χ2v) is 5.37. The molecule has 0 amide bonds. The fraction of sp³-hybridized carbons (Fsp3) is 0.455. The van der Waals surface area contributed by atoms with Crippen molar-refractivity contribution in [1.82, 2.24) is 0 Å². The first-order chi connectivity index (χ1) is 6.09. The average molecular weight is 193 g/mol. The first kappa shape index (κ1) is 8.95. The minimum absolute atomic E-state index is 0.302. The van der Waals surface area contributed by atoms with Gasteiger partial charge in [0.05, 0.1) is 0 Å². The van der Waals surface area contributed by atoms with Crippen LogP contribution in [0.5, 0.6) is 0 Å². The monoisotopic (exact) mass is 193 g/mol. The van der Waals surface area contributed by atoms with E-state index in [4.69, 9.17) is 5.73 Å². The van der Waals surface area contributed by atoms with Crippen LogP contribution in [0.1, 0.15) is 25.8 Å². The number of nitrogens with two attached hydrogens (primary N) is 1. The van der Waals surface area contributed by atoms with E-state index in [1.165, 1.54) is 22.6 Å². The summed E-state index contributed by atoms with van der Waals surface area (Å²) in [5.41, 5.74) is 8.40. The average Bonchev–Trinajstić information content (AvgIpc) is 2.06. The van der Waals surface area contributed by atoms with Gasteiger partial charge in [0, 0.05) is 10.6 Å². The lowest BCUT2D eigenvalue weighted by Crippen LogP contribution is -2.22. The third-order valence-corrected chi connectivity index (χ3v) is 3.79. The molecule has 0 aromatic heterocycles. The van der Waals surface area contributed by atoms with Crippen molar-refractivity contribution in [1.29, 1.82) is 0 Å². The van der Waals surface area contributed by atoms with Crippen molar-refractivity contribution >= 4 is 17.4 Å². The number of anilines is 1. The molecule has 0 spiro atoms. The first-order valence-electron chi connectivity index (χ1n) is 4.62. The standard InChI is InChI=1S/C11H15NS/c1-11(2)5-6-13-10-4-3-8(12)7-9(10)11/h3-4,7H,5-6,12H2,1-2H3. The molecule has 0 unspecified atom stereocenters. The lowest BCUT2D eigenvalue weighted by atomic mass is 9.81. The van der Waals surface area contributed by atoms with Gasteiger partial charge in [0.2, 0.25) is 0 Å². The van der Waals surface area contributed by atoms with Crippen LogP contribution in [0, 0.1) is 0 Å². The van der Waals surface area contributed by atoms with Gasteiger partial charge in [0.15, 0.2) is 0 Å². The van der Waals surface area contributed by atoms with Crippen molar-refractivity contribution in [2.45, 2.75) is 30.6 Å². The first-order valence-corrected chi connectivity index (χ1v) is 5.61. The summed E-state index contributed by atoms with van der Waals surface area (Å²) in [5, 5.41) is 0. The molecule has 1 nitrogen and oxygen atoms in total. The SMILES string of the molecule is CC1(C)CCSc2ccc(N)cc21. The lowest BCUT2D eigenvalue weighted by molar-refractivity contribution is 0.494. The van der Waals surface area contributed by atoms with E-state index >= 15 is 0 Å². The van der Waals surface area contributed by atoms with Crippen LogP contribution >= 0.6 is 11.8 Å². The van der Waals surface area contributed by atoms with E-state index < -0.39 is 0 Å². The molecule has 0 bridgehead atoms. The molecule has 1 aliphatic rings. The van der Waals surface area contributed by atoms with Crippen molar-refractivity contribution < 1.29 is 0 Å². The molecular formula is C11H15NS. The molecule has 2 rings (SSSR count). The van der Waals surface area contributed by atoms with Crippen molar-refractivity contribution in [2.24, 2.45) is 0 Å². The zero-order chi connectivity index (χ0) is 9.47. The summed E-state index contributed by atoms with van der Waals surface area (Å²) in [6.45, 7) is 4.59. The van der Waals surface area contributed by atoms with Gasteiger partial charge < -0.3 is 5.73 Å². The Morgan fingerprint density at radius 1 is 1.38 bits per heavy atom. The minimum Gasteiger partial charge on any atom is -0.399 e. The molecule has 1 aromatic carbocycles. The molecule has 2 heteroatoms. The van der Waals surface area contributed by atoms with Gasteiger partial charge in [-0.25, -0.2) is 0 Å². The summed E-state index contributed by atoms with van der Waals surface area (Å²) in [7, 11) is 0. The number of nitrogen functional groups attached to an aromatic ring is 1. The number of rotatable bonds is 0. The Balaban J connectivity index is 2.55. The van der Waals surface area contributed by atoms with Crippen LogP contribution in [-0.4, -0.2) is 5.75 Å². The van der Waals surface area contributed by atoms with Crippen LogP contribution in [0.4, 0.5) is 5.69 Å². The van der Waals surface area contributed by atoms with Crippen LogP contribution in [0.3, 0.4) is 0 Å². The predicted octanol–water partition coefficient (Wildman–Crippen LogP) is 3.04. The highest BCUT2D eigenvalue weighted by Gasteiger charge is 2.27. The van der Waals surface area contributed by atoms with Gasteiger partial charge in [-0.3, -0.25) is 0 Å². The van der Waals surface area contributed by atoms with Crippen LogP contribution in [0.25, 0.3) is 0 Å². The summed E-state index contributed by atoms with van der Waals surface area (Å²) in [6, 6.07) is 6.27. The summed E-state index contributed by atoms with van der Waals surface area (Å²) >= 11 is 1.94. The molecular weight excluding hydrogens is 178 g/mol. The molecule has 1 heterocycles. The number of fused-ring (bicyclic) bond motifs is 1. The zero-order valence-corrected chi connectivity index (χ0v) is 8.95. The maximum Gasteiger partial charge on any atom is 0.0317 e. The Hall–Kier alpha value is -0.630. The molecule has 13 heavy (non-hydrogen) atoms. The van der Waals surface area contributed by atoms with Gasteiger partial charge in [-0.1, -0.05) is 13.8 Å². The van der Waals surface area contributed by atoms with E-state index in [1.807, 2.05) is 17.8 Å². The van der Waals surface area contributed by atoms with Gasteiger partial charge in [-0.05, 0) is 41.4 Å². The lowest BCUT2D eigenvalue weighted by Gasteiger charge is -2.32. The van der Waals surface area contributed by atoms with Crippen LogP contribution in [-0.2, 0) is 5.41 Å². The molecule has 70 valence electrons. The van der Waals surface area contributed by atoms with E-state index in [0.717, 1.165) is 5.69 Å². The second kappa shape index (κ2) is 2.95. The second-order valence-electron chi connectivity index (χ2n) is 4.24. The highest BCUT2D eigenvalue weighted by atomic mass is 32.2. The number of hydrogen-bond acceptors (Lipinski definition) is 2. The van der Waals surface area contributed by atoms with Crippen molar-refractivity contribution in [3.05, 3.63) is 23.8 Å². The highest BCUT2D eigenvalue weighted by Crippen LogP contribution is 2.41. The Morgan fingerprint density at radius 3 is 2.92 bits per heavy atom. The maximum atomic E-state index is 5.79. The summed E-state index contributed by atoms with van der Waals surface area (Å²) in [6.07, 6.45) is 1.24. The van der Waals surface area contributed by atoms with Crippen molar-refractivity contribution in [3.63, 3.8) is 0 Å². The number of thioether (sulfide) groups is 1. The Bertz CT molecular complexity index is 331. The molecule has 0 aliphatic carbocycles. The molecule has 1 aliphatic heterocycles. The number of hydrogen-bond donors (Lipinski definition) is 1. The molecule has 0 radical (unpaired) electrons. The molecule has 1 aromatic rings. The molecule has 0 saturated heterocycles. The van der Waals surface area contributed by atoms with E-state index in [0.29, 0.717) is 5.41 Å². The fourth-order valence-electron chi connectivity index (χ4n) is 1.75. The van der Waals surface area contributed by atoms with Crippen LogP contribution in [0.15, 0.2) is 23.1 Å². The Kier molecular flexibility index (Phi) is 2.03. The van der Waals surface area contributed by atoms with Gasteiger partial charge in [0.1, 0.15) is 0 Å². The molecule has 2 N–H and O–H groups in total. The molecule has 0 fully saturated rings. The fourth-order valence-corrected chi connectivity index (χ4v) is 3.24. The van der Waals surface area contributed by atoms with Gasteiger partial charge in [-0.2, -0.15) is 0 Å². The predicted molar refractivity (Wildman–Crippen MR) is 59.2 cm³/mol. The summed E-state index contributed by atoms with van der Waals surface area (Å²) < 4.78 is 0. The topological polar surface area (TPSA) is 26.0 Å². The van der Waals surface area contributed by atoms with Crippen molar-refractivity contribution in [3.8, 4) is 0 Å². The third-order valence-electron chi connectivity index (χ3n) is 2.72. The van der Waals surface area contributed by atoms with E-state index in [9.17, 15) is 0 Å². The number of benzene rings is 1. The zero-order valence-electron chi connectivity index (χ0n) is 8.13. The smallest absolute Gasteiger partial charge is 0.0317 e. The van der Waals surface area contributed by atoms with Crippen LogP contribution < -0.4 is 5.73 Å². The summed E-state index contributed by atoms with van der Waals surface area (Å²) in [5.74, 6) is 1.23. The third kappa shape index (κ3) is 1.55. The molecule has 0 atom stereocenters. The summed E-state index contributed by atoms with van der Waals surface area (Å²) in [4.78, 5) is 1.41. The quantitative estimate of drug-likeness (QED) is 0.641. The van der Waals surface area contributed by atoms with E-state index in [1.54, 1.807) is 0 Å². The normalized spacial score (nSPS) is 19.5. The van der Waals surface area contributed by atoms with Gasteiger partial charge in [0.25, 0.3) is 0 Å². The molecule has 0 saturated carbocycles. The Labute approximate surface area is 83.7 Å². The van der Waals surface area contributed by atoms with Gasteiger partial charge in [-0.15, -0.1) is 11.8 Å².